The van der Waals surface area contributed by atoms with Crippen LogP contribution < -0.4 is 5.32 Å². The number of carbonyl (C=O) groups excluding carboxylic acids is 2. The van der Waals surface area contributed by atoms with Crippen LogP contribution in [-0.4, -0.2) is 49.1 Å². The second-order valence-electron chi connectivity index (χ2n) is 5.50. The summed E-state index contributed by atoms with van der Waals surface area (Å²) in [6, 6.07) is 0. The molecule has 0 aromatic carbocycles. The van der Waals surface area contributed by atoms with Crippen molar-refractivity contribution in [2.45, 2.75) is 46.1 Å². The quantitative estimate of drug-likeness (QED) is 0.603. The van der Waals surface area contributed by atoms with Gasteiger partial charge >= 0.3 is 11.8 Å². The van der Waals surface area contributed by atoms with Crippen LogP contribution in [-0.2, 0) is 14.3 Å². The molecule has 1 rings (SSSR count). The average molecular weight is 270 g/mol. The molecule has 0 radical (unpaired) electrons. The van der Waals surface area contributed by atoms with E-state index in [1.54, 1.807) is 4.90 Å². The maximum atomic E-state index is 11.9. The molecule has 2 amide bonds. The van der Waals surface area contributed by atoms with E-state index in [0.717, 1.165) is 19.3 Å². The first kappa shape index (κ1) is 16.0. The molecule has 0 bridgehead atoms. The monoisotopic (exact) mass is 270 g/mol. The molecule has 0 atom stereocenters. The molecule has 19 heavy (non-hydrogen) atoms. The number of likely N-dealkylation sites (tertiary alicyclic amines) is 1. The average Bonchev–Trinajstić information content (AvgIpc) is 2.37. The molecule has 0 aromatic heterocycles. The van der Waals surface area contributed by atoms with Crippen LogP contribution in [0.2, 0.25) is 0 Å². The summed E-state index contributed by atoms with van der Waals surface area (Å²) in [6.45, 7) is 8.61. The van der Waals surface area contributed by atoms with Crippen LogP contribution in [0.1, 0.15) is 40.0 Å². The lowest BCUT2D eigenvalue weighted by Gasteiger charge is -2.29. The van der Waals surface area contributed by atoms with Crippen molar-refractivity contribution in [2.75, 3.05) is 26.2 Å². The van der Waals surface area contributed by atoms with Gasteiger partial charge in [0.15, 0.2) is 0 Å². The molecule has 1 saturated heterocycles. The van der Waals surface area contributed by atoms with E-state index in [9.17, 15) is 9.59 Å². The second kappa shape index (κ2) is 8.15. The van der Waals surface area contributed by atoms with Crippen molar-refractivity contribution in [3.63, 3.8) is 0 Å². The van der Waals surface area contributed by atoms with Crippen LogP contribution >= 0.6 is 0 Å². The zero-order valence-electron chi connectivity index (χ0n) is 12.3. The van der Waals surface area contributed by atoms with Crippen molar-refractivity contribution in [3.05, 3.63) is 0 Å². The zero-order valence-corrected chi connectivity index (χ0v) is 12.3. The lowest BCUT2D eigenvalue weighted by Crippen LogP contribution is -2.46. The van der Waals surface area contributed by atoms with Crippen LogP contribution in [0.25, 0.3) is 0 Å². The summed E-state index contributed by atoms with van der Waals surface area (Å²) in [5.41, 5.74) is 0. The summed E-state index contributed by atoms with van der Waals surface area (Å²) in [7, 11) is 0. The Kier molecular flexibility index (Phi) is 6.84. The second-order valence-corrected chi connectivity index (χ2v) is 5.50. The van der Waals surface area contributed by atoms with Gasteiger partial charge in [0.05, 0.1) is 6.10 Å². The highest BCUT2D eigenvalue weighted by atomic mass is 16.5. The molecule has 0 saturated carbocycles. The normalized spacial score (nSPS) is 16.7. The Bertz CT molecular complexity index is 297. The van der Waals surface area contributed by atoms with Crippen LogP contribution in [0.15, 0.2) is 0 Å². The van der Waals surface area contributed by atoms with Gasteiger partial charge in [-0.25, -0.2) is 0 Å². The fraction of sp³-hybridized carbons (Fsp3) is 0.857. The molecule has 0 aliphatic carbocycles. The summed E-state index contributed by atoms with van der Waals surface area (Å²) in [4.78, 5) is 25.2. The Morgan fingerprint density at radius 1 is 1.32 bits per heavy atom. The smallest absolute Gasteiger partial charge is 0.311 e. The molecule has 1 heterocycles. The maximum absolute atomic E-state index is 11.9. The van der Waals surface area contributed by atoms with Crippen molar-refractivity contribution in [2.24, 2.45) is 5.92 Å². The third-order valence-corrected chi connectivity index (χ3v) is 3.32. The minimum absolute atomic E-state index is 0.202. The molecule has 1 aliphatic rings. The predicted molar refractivity (Wildman–Crippen MR) is 73.7 cm³/mol. The van der Waals surface area contributed by atoms with Gasteiger partial charge in [0.2, 0.25) is 0 Å². The minimum atomic E-state index is -0.487. The molecule has 0 unspecified atom stereocenters. The van der Waals surface area contributed by atoms with Crippen molar-refractivity contribution in [1.29, 1.82) is 0 Å². The molecule has 5 heteroatoms. The number of amides is 2. The predicted octanol–water partition coefficient (Wildman–Crippen LogP) is 1.18. The van der Waals surface area contributed by atoms with Gasteiger partial charge in [0.25, 0.3) is 0 Å². The highest BCUT2D eigenvalue weighted by molar-refractivity contribution is 6.35. The van der Waals surface area contributed by atoms with E-state index in [2.05, 4.69) is 12.2 Å². The molecule has 0 spiro atoms. The van der Waals surface area contributed by atoms with Gasteiger partial charge in [0.1, 0.15) is 0 Å². The van der Waals surface area contributed by atoms with Gasteiger partial charge in [0, 0.05) is 26.2 Å². The highest BCUT2D eigenvalue weighted by Crippen LogP contribution is 2.15. The van der Waals surface area contributed by atoms with E-state index in [0.29, 0.717) is 32.2 Å². The topological polar surface area (TPSA) is 58.6 Å². The van der Waals surface area contributed by atoms with Crippen LogP contribution in [0.3, 0.4) is 0 Å². The number of hydrogen-bond donors (Lipinski definition) is 1. The molecule has 0 aromatic rings. The molecule has 1 aliphatic heterocycles. The van der Waals surface area contributed by atoms with E-state index < -0.39 is 11.8 Å². The zero-order chi connectivity index (χ0) is 14.3. The minimum Gasteiger partial charge on any atom is -0.379 e. The molecule has 1 fully saturated rings. The molecule has 5 nitrogen and oxygen atoms in total. The van der Waals surface area contributed by atoms with Gasteiger partial charge in [-0.15, -0.1) is 0 Å². The fourth-order valence-electron chi connectivity index (χ4n) is 2.02. The number of carbonyl (C=O) groups is 2. The molecular formula is C14H26N2O3. The fourth-order valence-corrected chi connectivity index (χ4v) is 2.02. The standard InChI is InChI=1S/C14H26N2O3/c1-11(2)19-10-4-7-15-13(17)14(18)16-8-5-12(3)6-9-16/h11-12H,4-10H2,1-3H3,(H,15,17). The van der Waals surface area contributed by atoms with Gasteiger partial charge in [-0.1, -0.05) is 6.92 Å². The van der Waals surface area contributed by atoms with Crippen molar-refractivity contribution in [1.82, 2.24) is 10.2 Å². The van der Waals surface area contributed by atoms with Crippen LogP contribution in [0.4, 0.5) is 0 Å². The molecule has 110 valence electrons. The van der Waals surface area contributed by atoms with E-state index >= 15 is 0 Å². The van der Waals surface area contributed by atoms with Crippen molar-refractivity contribution < 1.29 is 14.3 Å². The number of hydrogen-bond acceptors (Lipinski definition) is 3. The van der Waals surface area contributed by atoms with Crippen LogP contribution in [0.5, 0.6) is 0 Å². The molecule has 1 N–H and O–H groups in total. The largest absolute Gasteiger partial charge is 0.379 e. The SMILES string of the molecule is CC1CCN(C(=O)C(=O)NCCCOC(C)C)CC1. The first-order valence-corrected chi connectivity index (χ1v) is 7.19. The Hall–Kier alpha value is -1.10. The number of nitrogens with one attached hydrogen (secondary N) is 1. The first-order valence-electron chi connectivity index (χ1n) is 7.19. The highest BCUT2D eigenvalue weighted by Gasteiger charge is 2.24. The van der Waals surface area contributed by atoms with Gasteiger partial charge in [-0.3, -0.25) is 9.59 Å². The Morgan fingerprint density at radius 3 is 2.53 bits per heavy atom. The Labute approximate surface area is 115 Å². The summed E-state index contributed by atoms with van der Waals surface area (Å²) in [6.07, 6.45) is 2.91. The van der Waals surface area contributed by atoms with Gasteiger partial charge < -0.3 is 15.0 Å². The third kappa shape index (κ3) is 6.05. The van der Waals surface area contributed by atoms with E-state index in [-0.39, 0.29) is 6.10 Å². The first-order chi connectivity index (χ1) is 9.00. The maximum Gasteiger partial charge on any atom is 0.311 e. The number of piperidine rings is 1. The number of nitrogens with zero attached hydrogens (tertiary/aromatic N) is 1. The Morgan fingerprint density at radius 2 is 1.95 bits per heavy atom. The lowest BCUT2D eigenvalue weighted by molar-refractivity contribution is -0.146. The summed E-state index contributed by atoms with van der Waals surface area (Å²) < 4.78 is 5.37. The van der Waals surface area contributed by atoms with Gasteiger partial charge in [-0.2, -0.15) is 0 Å². The summed E-state index contributed by atoms with van der Waals surface area (Å²) in [5.74, 6) is -0.226. The lowest BCUT2D eigenvalue weighted by atomic mass is 9.99. The Balaban J connectivity index is 2.16. The van der Waals surface area contributed by atoms with Crippen molar-refractivity contribution >= 4 is 11.8 Å². The van der Waals surface area contributed by atoms with E-state index in [1.807, 2.05) is 13.8 Å². The van der Waals surface area contributed by atoms with Gasteiger partial charge in [-0.05, 0) is 39.0 Å². The number of ether oxygens (including phenoxy) is 1. The summed E-state index contributed by atoms with van der Waals surface area (Å²) in [5, 5.41) is 2.65. The van der Waals surface area contributed by atoms with E-state index in [1.165, 1.54) is 0 Å². The third-order valence-electron chi connectivity index (χ3n) is 3.32. The molecular weight excluding hydrogens is 244 g/mol. The van der Waals surface area contributed by atoms with Crippen molar-refractivity contribution in [3.8, 4) is 0 Å². The van der Waals surface area contributed by atoms with E-state index in [4.69, 9.17) is 4.74 Å². The summed E-state index contributed by atoms with van der Waals surface area (Å²) >= 11 is 0. The number of rotatable bonds is 5. The van der Waals surface area contributed by atoms with Crippen LogP contribution in [0, 0.1) is 5.92 Å².